The Hall–Kier alpha value is -1.84. The molecule has 5 rings (SSSR count). The molecule has 2 aliphatic rings. The molecule has 0 saturated carbocycles. The zero-order chi connectivity index (χ0) is 19.8. The van der Waals surface area contributed by atoms with Gasteiger partial charge in [-0.2, -0.15) is 0 Å². The molecule has 9 heteroatoms. The van der Waals surface area contributed by atoms with Crippen LogP contribution in [0.3, 0.4) is 0 Å². The average Bonchev–Trinajstić information content (AvgIpc) is 3.07. The topological polar surface area (TPSA) is 117 Å². The molecule has 2 aliphatic carbocycles. The maximum atomic E-state index is 13.1. The number of benzene rings is 2. The molecule has 1 atom stereocenters. The van der Waals surface area contributed by atoms with Crippen LogP contribution >= 0.6 is 0 Å². The Morgan fingerprint density at radius 2 is 2.00 bits per heavy atom. The van der Waals surface area contributed by atoms with Crippen LogP contribution in [0, 0.1) is 0 Å². The number of carbonyl (C=O) groups is 1. The Kier molecular flexibility index (Phi) is 4.64. The van der Waals surface area contributed by atoms with Gasteiger partial charge in [0.25, 0.3) is 10.4 Å². The van der Waals surface area contributed by atoms with Crippen molar-refractivity contribution < 1.29 is 61.0 Å². The van der Waals surface area contributed by atoms with Crippen molar-refractivity contribution in [3.63, 3.8) is 0 Å². The predicted octanol–water partition coefficient (Wildman–Crippen LogP) is 0.168. The van der Waals surface area contributed by atoms with Gasteiger partial charge in [-0.1, -0.05) is 6.92 Å². The number of phenolic OH excluding ortho intramolecular Hbond substituents is 1. The van der Waals surface area contributed by atoms with Gasteiger partial charge in [-0.3, -0.25) is 4.79 Å². The number of rotatable bonds is 2. The van der Waals surface area contributed by atoms with E-state index in [4.69, 9.17) is 4.42 Å². The van der Waals surface area contributed by atoms with Gasteiger partial charge < -0.3 is 18.3 Å². The van der Waals surface area contributed by atoms with Crippen molar-refractivity contribution in [1.29, 1.82) is 0 Å². The van der Waals surface area contributed by atoms with Gasteiger partial charge in [0.1, 0.15) is 11.5 Å². The molecule has 1 N–H and O–H groups in total. The molecule has 7 nitrogen and oxygen atoms in total. The van der Waals surface area contributed by atoms with E-state index >= 15 is 0 Å². The Balaban J connectivity index is 0.00000205. The van der Waals surface area contributed by atoms with E-state index in [2.05, 4.69) is 4.18 Å². The maximum absolute atomic E-state index is 13.1. The van der Waals surface area contributed by atoms with E-state index in [1.54, 1.807) is 12.3 Å². The first-order valence-electron chi connectivity index (χ1n) is 8.80. The first-order chi connectivity index (χ1) is 13.2. The van der Waals surface area contributed by atoms with E-state index in [1.165, 1.54) is 18.2 Å². The Morgan fingerprint density at radius 1 is 1.24 bits per heavy atom. The number of aromatic hydroxyl groups is 1. The second-order valence-electron chi connectivity index (χ2n) is 7.50. The summed E-state index contributed by atoms with van der Waals surface area (Å²) >= 11 is 0. The van der Waals surface area contributed by atoms with Crippen molar-refractivity contribution in [3.05, 3.63) is 58.5 Å². The van der Waals surface area contributed by atoms with Crippen molar-refractivity contribution >= 4 is 27.0 Å². The maximum Gasteiger partial charge on any atom is 1.00 e. The summed E-state index contributed by atoms with van der Waals surface area (Å²) in [5.74, 6) is -0.297. The average molecular weight is 422 g/mol. The van der Waals surface area contributed by atoms with Crippen LogP contribution in [0.2, 0.25) is 0 Å². The summed E-state index contributed by atoms with van der Waals surface area (Å²) in [6.07, 6.45) is 4.15. The second kappa shape index (κ2) is 6.58. The van der Waals surface area contributed by atoms with Gasteiger partial charge in [-0.05, 0) is 54.7 Å². The van der Waals surface area contributed by atoms with Crippen LogP contribution < -0.4 is 33.7 Å². The fourth-order valence-electron chi connectivity index (χ4n) is 4.68. The number of fused-ring (bicyclic) bond motifs is 3. The van der Waals surface area contributed by atoms with E-state index in [1.807, 2.05) is 6.92 Å². The van der Waals surface area contributed by atoms with E-state index in [0.717, 1.165) is 30.4 Å². The Bertz CT molecular complexity index is 1290. The van der Waals surface area contributed by atoms with E-state index in [-0.39, 0.29) is 57.6 Å². The molecule has 0 aliphatic heterocycles. The molecule has 1 aromatic heterocycles. The van der Waals surface area contributed by atoms with Crippen LogP contribution in [0.4, 0.5) is 0 Å². The third-order valence-electron chi connectivity index (χ3n) is 5.87. The van der Waals surface area contributed by atoms with Crippen molar-refractivity contribution in [3.8, 4) is 11.5 Å². The molecule has 1 heterocycles. The van der Waals surface area contributed by atoms with Crippen LogP contribution in [0.25, 0.3) is 10.8 Å². The number of hydrogen-bond acceptors (Lipinski definition) is 7. The Morgan fingerprint density at radius 3 is 2.72 bits per heavy atom. The summed E-state index contributed by atoms with van der Waals surface area (Å²) in [6, 6.07) is 5.61. The first-order valence-corrected chi connectivity index (χ1v) is 10.1. The summed E-state index contributed by atoms with van der Waals surface area (Å²) in [5.41, 5.74) is 2.47. The van der Waals surface area contributed by atoms with Crippen LogP contribution in [-0.2, 0) is 22.2 Å². The standard InChI is InChI=1S/C20H16O7S.Na/c1-20-6-2-3-10-9-26-19(17(10)20)18(22)13-7-11-12(8-14(13)20)16(5-4-15(11)21)27-28(23,24)25;/h4-5,7-9,21H,2-3,6H2,1H3,(H,23,24,25);/q;+1/p-1/t20-;/m0./s1. The minimum atomic E-state index is -5.00. The van der Waals surface area contributed by atoms with Crippen molar-refractivity contribution in [2.75, 3.05) is 0 Å². The molecule has 0 fully saturated rings. The number of furan rings is 1. The SMILES string of the molecule is C[C@@]12CCCc3coc(c31)C(=O)c1cc3c(O)ccc(OS(=O)(=O)[O-])c3cc12.[Na+]. The smallest absolute Gasteiger partial charge is 0.716 e. The minimum absolute atomic E-state index is 0. The summed E-state index contributed by atoms with van der Waals surface area (Å²) in [5, 5.41) is 10.7. The molecular weight excluding hydrogens is 407 g/mol. The molecule has 0 amide bonds. The van der Waals surface area contributed by atoms with E-state index < -0.39 is 15.8 Å². The van der Waals surface area contributed by atoms with E-state index in [0.29, 0.717) is 16.9 Å². The number of ketones is 1. The third kappa shape index (κ3) is 2.93. The van der Waals surface area contributed by atoms with E-state index in [9.17, 15) is 22.9 Å². The number of phenols is 1. The monoisotopic (exact) mass is 422 g/mol. The molecule has 0 bridgehead atoms. The van der Waals surface area contributed by atoms with Crippen molar-refractivity contribution in [2.45, 2.75) is 31.6 Å². The largest absolute Gasteiger partial charge is 1.00 e. The molecule has 29 heavy (non-hydrogen) atoms. The summed E-state index contributed by atoms with van der Waals surface area (Å²) in [7, 11) is -5.00. The molecule has 0 unspecified atom stereocenters. The first kappa shape index (κ1) is 20.4. The fourth-order valence-corrected chi connectivity index (χ4v) is 5.04. The van der Waals surface area contributed by atoms with Gasteiger partial charge in [-0.25, -0.2) is 8.42 Å². The van der Waals surface area contributed by atoms with Gasteiger partial charge in [0.15, 0.2) is 5.76 Å². The summed E-state index contributed by atoms with van der Waals surface area (Å²) in [4.78, 5) is 13.1. The normalized spacial score (nSPS) is 20.0. The quantitative estimate of drug-likeness (QED) is 0.355. The number of carbonyl (C=O) groups excluding carboxylic acids is 1. The molecule has 2 aromatic carbocycles. The van der Waals surface area contributed by atoms with Crippen LogP contribution in [-0.4, -0.2) is 23.9 Å². The van der Waals surface area contributed by atoms with Crippen LogP contribution in [0.15, 0.2) is 34.9 Å². The molecule has 3 aromatic rings. The van der Waals surface area contributed by atoms with Gasteiger partial charge in [-0.15, -0.1) is 0 Å². The number of hydrogen-bond donors (Lipinski definition) is 1. The third-order valence-corrected chi connectivity index (χ3v) is 6.25. The molecule has 144 valence electrons. The zero-order valence-electron chi connectivity index (χ0n) is 15.8. The summed E-state index contributed by atoms with van der Waals surface area (Å²) < 4.78 is 43.6. The van der Waals surface area contributed by atoms with Crippen LogP contribution in [0.5, 0.6) is 11.5 Å². The molecular formula is C20H15NaO7S. The zero-order valence-corrected chi connectivity index (χ0v) is 18.6. The fraction of sp³-hybridized carbons (Fsp3) is 0.250. The number of aryl methyl sites for hydroxylation is 1. The van der Waals surface area contributed by atoms with Crippen LogP contribution in [0.1, 0.15) is 52.6 Å². The molecule has 0 radical (unpaired) electrons. The van der Waals surface area contributed by atoms with Gasteiger partial charge >= 0.3 is 29.6 Å². The molecule has 0 saturated heterocycles. The second-order valence-corrected chi connectivity index (χ2v) is 8.48. The van der Waals surface area contributed by atoms with Gasteiger partial charge in [0, 0.05) is 27.3 Å². The molecule has 0 spiro atoms. The van der Waals surface area contributed by atoms with Gasteiger partial charge in [0.05, 0.1) is 6.26 Å². The van der Waals surface area contributed by atoms with Crippen molar-refractivity contribution in [2.24, 2.45) is 0 Å². The van der Waals surface area contributed by atoms with Gasteiger partial charge in [0.2, 0.25) is 5.78 Å². The summed E-state index contributed by atoms with van der Waals surface area (Å²) in [6.45, 7) is 2.02. The predicted molar refractivity (Wildman–Crippen MR) is 97.5 cm³/mol. The Labute approximate surface area is 188 Å². The van der Waals surface area contributed by atoms with Crippen molar-refractivity contribution in [1.82, 2.24) is 0 Å². The minimum Gasteiger partial charge on any atom is -0.716 e.